The molecule has 1 aromatic carbocycles. The van der Waals surface area contributed by atoms with Crippen LogP contribution in [0.25, 0.3) is 0 Å². The number of carboxylic acid groups (broad SMARTS) is 1. The second-order valence-corrected chi connectivity index (χ2v) is 3.95. The van der Waals surface area contributed by atoms with Crippen LogP contribution in [0, 0.1) is 10.1 Å². The van der Waals surface area contributed by atoms with Crippen LogP contribution in [0.3, 0.4) is 0 Å². The number of ether oxygens (including phenoxy) is 2. The maximum Gasteiger partial charge on any atom is 0.339 e. The van der Waals surface area contributed by atoms with E-state index in [4.69, 9.17) is 14.6 Å². The van der Waals surface area contributed by atoms with E-state index in [2.05, 4.69) is 0 Å². The normalized spacial score (nSPS) is 11.9. The van der Waals surface area contributed by atoms with Crippen molar-refractivity contribution in [2.75, 3.05) is 13.7 Å². The molecule has 0 fully saturated rings. The average Bonchev–Trinajstić information content (AvgIpc) is 2.36. The van der Waals surface area contributed by atoms with E-state index in [9.17, 15) is 14.9 Å². The SMILES string of the molecule is COCCC(C)Oc1ccc([N+](=O)[O-])cc1C(=O)O. The predicted octanol–water partition coefficient (Wildman–Crippen LogP) is 2.10. The number of non-ortho nitro benzene ring substituents is 1. The van der Waals surface area contributed by atoms with Crippen molar-refractivity contribution in [3.63, 3.8) is 0 Å². The van der Waals surface area contributed by atoms with Gasteiger partial charge in [0.05, 0.1) is 11.0 Å². The van der Waals surface area contributed by atoms with Gasteiger partial charge in [0.25, 0.3) is 5.69 Å². The summed E-state index contributed by atoms with van der Waals surface area (Å²) in [6.45, 7) is 2.25. The number of hydrogen-bond donors (Lipinski definition) is 1. The molecule has 104 valence electrons. The lowest BCUT2D eigenvalue weighted by Gasteiger charge is -2.15. The van der Waals surface area contributed by atoms with Crippen LogP contribution in [0.5, 0.6) is 5.75 Å². The van der Waals surface area contributed by atoms with Gasteiger partial charge in [0.2, 0.25) is 0 Å². The van der Waals surface area contributed by atoms with Gasteiger partial charge < -0.3 is 14.6 Å². The van der Waals surface area contributed by atoms with Gasteiger partial charge in [-0.3, -0.25) is 10.1 Å². The second-order valence-electron chi connectivity index (χ2n) is 3.95. The van der Waals surface area contributed by atoms with Gasteiger partial charge in [-0.05, 0) is 13.0 Å². The summed E-state index contributed by atoms with van der Waals surface area (Å²) in [7, 11) is 1.56. The molecule has 0 saturated carbocycles. The summed E-state index contributed by atoms with van der Waals surface area (Å²) in [5.41, 5.74) is -0.507. The van der Waals surface area contributed by atoms with Gasteiger partial charge in [0.15, 0.2) is 0 Å². The van der Waals surface area contributed by atoms with Gasteiger partial charge in [0.1, 0.15) is 11.3 Å². The van der Waals surface area contributed by atoms with Crippen molar-refractivity contribution in [1.29, 1.82) is 0 Å². The highest BCUT2D eigenvalue weighted by Crippen LogP contribution is 2.25. The monoisotopic (exact) mass is 269 g/mol. The van der Waals surface area contributed by atoms with Crippen molar-refractivity contribution in [3.8, 4) is 5.75 Å². The molecule has 1 atom stereocenters. The third-order valence-corrected chi connectivity index (χ3v) is 2.46. The van der Waals surface area contributed by atoms with E-state index in [1.807, 2.05) is 0 Å². The standard InChI is InChI=1S/C12H15NO6/c1-8(5-6-18-2)19-11-4-3-9(13(16)17)7-10(11)12(14)15/h3-4,7-8H,5-6H2,1-2H3,(H,14,15). The molecule has 0 aliphatic rings. The van der Waals surface area contributed by atoms with Gasteiger partial charge in [-0.25, -0.2) is 4.79 Å². The molecule has 1 N–H and O–H groups in total. The molecule has 0 heterocycles. The molecule has 0 radical (unpaired) electrons. The molecule has 0 spiro atoms. The minimum atomic E-state index is -1.27. The van der Waals surface area contributed by atoms with Gasteiger partial charge in [-0.1, -0.05) is 0 Å². The van der Waals surface area contributed by atoms with E-state index >= 15 is 0 Å². The van der Waals surface area contributed by atoms with Gasteiger partial charge in [-0.2, -0.15) is 0 Å². The Kier molecular flexibility index (Phi) is 5.25. The predicted molar refractivity (Wildman–Crippen MR) is 66.6 cm³/mol. The zero-order chi connectivity index (χ0) is 14.4. The molecular formula is C12H15NO6. The molecular weight excluding hydrogens is 254 g/mol. The molecule has 19 heavy (non-hydrogen) atoms. The van der Waals surface area contributed by atoms with E-state index in [-0.39, 0.29) is 23.1 Å². The van der Waals surface area contributed by atoms with Crippen LogP contribution in [0.2, 0.25) is 0 Å². The Labute approximate surface area is 109 Å². The summed E-state index contributed by atoms with van der Waals surface area (Å²) < 4.78 is 10.4. The Morgan fingerprint density at radius 3 is 2.74 bits per heavy atom. The number of nitro benzene ring substituents is 1. The Balaban J connectivity index is 2.94. The molecule has 1 unspecified atom stereocenters. The number of aromatic carboxylic acids is 1. The fraction of sp³-hybridized carbons (Fsp3) is 0.417. The number of carboxylic acids is 1. The highest BCUT2D eigenvalue weighted by atomic mass is 16.6. The Morgan fingerprint density at radius 2 is 2.21 bits per heavy atom. The first kappa shape index (κ1) is 14.9. The third kappa shape index (κ3) is 4.22. The molecule has 0 bridgehead atoms. The summed E-state index contributed by atoms with van der Waals surface area (Å²) in [6.07, 6.45) is 0.339. The van der Waals surface area contributed by atoms with Crippen LogP contribution in [0.1, 0.15) is 23.7 Å². The van der Waals surface area contributed by atoms with Crippen LogP contribution in [-0.2, 0) is 4.74 Å². The minimum Gasteiger partial charge on any atom is -0.490 e. The van der Waals surface area contributed by atoms with Crippen molar-refractivity contribution < 1.29 is 24.3 Å². The Morgan fingerprint density at radius 1 is 1.53 bits per heavy atom. The van der Waals surface area contributed by atoms with Crippen molar-refractivity contribution >= 4 is 11.7 Å². The highest BCUT2D eigenvalue weighted by molar-refractivity contribution is 5.91. The number of benzene rings is 1. The van der Waals surface area contributed by atoms with Crippen LogP contribution in [0.4, 0.5) is 5.69 Å². The van der Waals surface area contributed by atoms with Crippen LogP contribution in [-0.4, -0.2) is 35.8 Å². The maximum atomic E-state index is 11.1. The molecule has 7 heteroatoms. The molecule has 1 aromatic rings. The first-order valence-electron chi connectivity index (χ1n) is 5.63. The number of nitrogens with zero attached hydrogens (tertiary/aromatic N) is 1. The zero-order valence-electron chi connectivity index (χ0n) is 10.7. The number of rotatable bonds is 7. The van der Waals surface area contributed by atoms with Crippen molar-refractivity contribution in [2.45, 2.75) is 19.4 Å². The fourth-order valence-electron chi connectivity index (χ4n) is 1.46. The zero-order valence-corrected chi connectivity index (χ0v) is 10.7. The smallest absolute Gasteiger partial charge is 0.339 e. The molecule has 0 aliphatic carbocycles. The number of carbonyl (C=O) groups is 1. The highest BCUT2D eigenvalue weighted by Gasteiger charge is 2.18. The topological polar surface area (TPSA) is 98.9 Å². The van der Waals surface area contributed by atoms with E-state index in [0.717, 1.165) is 6.07 Å². The fourth-order valence-corrected chi connectivity index (χ4v) is 1.46. The van der Waals surface area contributed by atoms with Gasteiger partial charge >= 0.3 is 5.97 Å². The van der Waals surface area contributed by atoms with Crippen LogP contribution >= 0.6 is 0 Å². The first-order chi connectivity index (χ1) is 8.95. The van der Waals surface area contributed by atoms with Crippen molar-refractivity contribution in [1.82, 2.24) is 0 Å². The lowest BCUT2D eigenvalue weighted by molar-refractivity contribution is -0.384. The number of nitro groups is 1. The molecule has 0 aromatic heterocycles. The van der Waals surface area contributed by atoms with E-state index < -0.39 is 10.9 Å². The number of methoxy groups -OCH3 is 1. The van der Waals surface area contributed by atoms with Crippen LogP contribution < -0.4 is 4.74 Å². The Hall–Kier alpha value is -2.15. The quantitative estimate of drug-likeness (QED) is 0.601. The van der Waals surface area contributed by atoms with E-state index in [0.29, 0.717) is 13.0 Å². The Bertz CT molecular complexity index is 473. The van der Waals surface area contributed by atoms with Crippen molar-refractivity contribution in [3.05, 3.63) is 33.9 Å². The minimum absolute atomic E-state index is 0.113. The largest absolute Gasteiger partial charge is 0.490 e. The molecule has 0 amide bonds. The average molecular weight is 269 g/mol. The van der Waals surface area contributed by atoms with Crippen LogP contribution in [0.15, 0.2) is 18.2 Å². The number of hydrogen-bond acceptors (Lipinski definition) is 5. The van der Waals surface area contributed by atoms with Gasteiger partial charge in [-0.15, -0.1) is 0 Å². The maximum absolute atomic E-state index is 11.1. The van der Waals surface area contributed by atoms with E-state index in [1.165, 1.54) is 12.1 Å². The summed E-state index contributed by atoms with van der Waals surface area (Å²) >= 11 is 0. The molecule has 0 aliphatic heterocycles. The van der Waals surface area contributed by atoms with E-state index in [1.54, 1.807) is 14.0 Å². The summed E-state index contributed by atoms with van der Waals surface area (Å²) in [6, 6.07) is 3.50. The molecule has 7 nitrogen and oxygen atoms in total. The lowest BCUT2D eigenvalue weighted by Crippen LogP contribution is -2.16. The molecule has 1 rings (SSSR count). The third-order valence-electron chi connectivity index (χ3n) is 2.46. The lowest BCUT2D eigenvalue weighted by atomic mass is 10.1. The second kappa shape index (κ2) is 6.69. The first-order valence-corrected chi connectivity index (χ1v) is 5.63. The summed E-state index contributed by atoms with van der Waals surface area (Å²) in [4.78, 5) is 21.0. The van der Waals surface area contributed by atoms with Crippen molar-refractivity contribution in [2.24, 2.45) is 0 Å². The summed E-state index contributed by atoms with van der Waals surface area (Å²) in [5.74, 6) is -1.15. The molecule has 0 saturated heterocycles. The van der Waals surface area contributed by atoms with Gasteiger partial charge in [0, 0.05) is 32.3 Å². The summed E-state index contributed by atoms with van der Waals surface area (Å²) in [5, 5.41) is 19.6.